The van der Waals surface area contributed by atoms with Crippen molar-refractivity contribution >= 4 is 0 Å². The third kappa shape index (κ3) is 3.30. The fraction of sp³-hybridized carbons (Fsp3) is 0.769. The molecular formula is C13H21N3O. The van der Waals surface area contributed by atoms with Crippen LogP contribution in [0.3, 0.4) is 0 Å². The molecule has 2 aliphatic rings. The summed E-state index contributed by atoms with van der Waals surface area (Å²) in [4.78, 5) is 4.43. The van der Waals surface area contributed by atoms with E-state index in [-0.39, 0.29) is 0 Å². The van der Waals surface area contributed by atoms with Crippen molar-refractivity contribution in [2.45, 2.75) is 57.3 Å². The monoisotopic (exact) mass is 235 g/mol. The van der Waals surface area contributed by atoms with Gasteiger partial charge in [0.05, 0.1) is 18.1 Å². The summed E-state index contributed by atoms with van der Waals surface area (Å²) < 4.78 is 7.90. The van der Waals surface area contributed by atoms with Crippen molar-refractivity contribution in [1.82, 2.24) is 14.9 Å². The van der Waals surface area contributed by atoms with Crippen LogP contribution < -0.4 is 5.32 Å². The Balaban J connectivity index is 1.48. The summed E-state index contributed by atoms with van der Waals surface area (Å²) in [6.07, 6.45) is 10.8. The van der Waals surface area contributed by atoms with Crippen molar-refractivity contribution in [2.24, 2.45) is 0 Å². The molecular weight excluding hydrogens is 214 g/mol. The van der Waals surface area contributed by atoms with E-state index in [1.807, 2.05) is 6.33 Å². The molecule has 1 aromatic rings. The lowest BCUT2D eigenvalue weighted by atomic mass is 10.1. The summed E-state index contributed by atoms with van der Waals surface area (Å²) in [7, 11) is 0. The van der Waals surface area contributed by atoms with Crippen LogP contribution in [0.25, 0.3) is 0 Å². The summed E-state index contributed by atoms with van der Waals surface area (Å²) in [5.74, 6) is 0. The highest BCUT2D eigenvalue weighted by atomic mass is 16.5. The number of nitrogens with one attached hydrogen (secondary N) is 1. The Morgan fingerprint density at radius 1 is 1.35 bits per heavy atom. The van der Waals surface area contributed by atoms with Crippen LogP contribution >= 0.6 is 0 Å². The van der Waals surface area contributed by atoms with Gasteiger partial charge in [0.25, 0.3) is 0 Å². The SMILES string of the molecule is c1nc(CNC2CC2)cn1CC1CCCCO1. The number of nitrogens with zero attached hydrogens (tertiary/aromatic N) is 2. The van der Waals surface area contributed by atoms with Crippen LogP contribution in [-0.4, -0.2) is 28.3 Å². The van der Waals surface area contributed by atoms with Gasteiger partial charge in [-0.25, -0.2) is 4.98 Å². The van der Waals surface area contributed by atoms with Crippen molar-refractivity contribution in [3.05, 3.63) is 18.2 Å². The molecule has 17 heavy (non-hydrogen) atoms. The molecule has 1 saturated heterocycles. The Kier molecular flexibility index (Phi) is 3.43. The average Bonchev–Trinajstić information content (AvgIpc) is 3.09. The van der Waals surface area contributed by atoms with Crippen LogP contribution in [-0.2, 0) is 17.8 Å². The molecule has 0 bridgehead atoms. The second-order valence-electron chi connectivity index (χ2n) is 5.21. The second kappa shape index (κ2) is 5.19. The van der Waals surface area contributed by atoms with Crippen LogP contribution in [0.4, 0.5) is 0 Å². The fourth-order valence-corrected chi connectivity index (χ4v) is 2.32. The first-order valence-corrected chi connectivity index (χ1v) is 6.76. The topological polar surface area (TPSA) is 39.1 Å². The first-order chi connectivity index (χ1) is 8.40. The van der Waals surface area contributed by atoms with Gasteiger partial charge in [-0.15, -0.1) is 0 Å². The molecule has 0 spiro atoms. The Morgan fingerprint density at radius 2 is 2.29 bits per heavy atom. The Morgan fingerprint density at radius 3 is 3.06 bits per heavy atom. The highest BCUT2D eigenvalue weighted by molar-refractivity contribution is 4.98. The molecule has 1 unspecified atom stereocenters. The molecule has 2 heterocycles. The number of hydrogen-bond acceptors (Lipinski definition) is 3. The largest absolute Gasteiger partial charge is 0.376 e. The van der Waals surface area contributed by atoms with Crippen LogP contribution in [0.5, 0.6) is 0 Å². The van der Waals surface area contributed by atoms with E-state index in [0.29, 0.717) is 6.10 Å². The minimum Gasteiger partial charge on any atom is -0.376 e. The molecule has 0 amide bonds. The number of aromatic nitrogens is 2. The average molecular weight is 235 g/mol. The summed E-state index contributed by atoms with van der Waals surface area (Å²) in [5, 5.41) is 3.48. The van der Waals surface area contributed by atoms with Gasteiger partial charge in [-0.2, -0.15) is 0 Å². The van der Waals surface area contributed by atoms with Gasteiger partial charge in [0.15, 0.2) is 0 Å². The van der Waals surface area contributed by atoms with E-state index in [2.05, 4.69) is 21.1 Å². The van der Waals surface area contributed by atoms with E-state index < -0.39 is 0 Å². The van der Waals surface area contributed by atoms with Gasteiger partial charge in [-0.3, -0.25) is 0 Å². The van der Waals surface area contributed by atoms with Crippen LogP contribution in [0.2, 0.25) is 0 Å². The zero-order valence-corrected chi connectivity index (χ0v) is 10.3. The minimum atomic E-state index is 0.391. The fourth-order valence-electron chi connectivity index (χ4n) is 2.32. The molecule has 94 valence electrons. The molecule has 1 aliphatic carbocycles. The highest BCUT2D eigenvalue weighted by Gasteiger charge is 2.20. The van der Waals surface area contributed by atoms with E-state index in [4.69, 9.17) is 4.74 Å². The first-order valence-electron chi connectivity index (χ1n) is 6.76. The van der Waals surface area contributed by atoms with Gasteiger partial charge in [-0.1, -0.05) is 0 Å². The number of imidazole rings is 1. The molecule has 1 saturated carbocycles. The Labute approximate surface area is 102 Å². The molecule has 3 rings (SSSR count). The van der Waals surface area contributed by atoms with Gasteiger partial charge < -0.3 is 14.6 Å². The van der Waals surface area contributed by atoms with Gasteiger partial charge in [-0.05, 0) is 32.1 Å². The lowest BCUT2D eigenvalue weighted by molar-refractivity contribution is 0.00596. The molecule has 4 heteroatoms. The van der Waals surface area contributed by atoms with Gasteiger partial charge in [0.2, 0.25) is 0 Å². The van der Waals surface area contributed by atoms with Crippen LogP contribution in [0, 0.1) is 0 Å². The molecule has 1 aliphatic heterocycles. The Bertz CT molecular complexity index is 353. The molecule has 4 nitrogen and oxygen atoms in total. The highest BCUT2D eigenvalue weighted by Crippen LogP contribution is 2.19. The molecule has 0 aromatic carbocycles. The molecule has 1 N–H and O–H groups in total. The van der Waals surface area contributed by atoms with Crippen molar-refractivity contribution in [1.29, 1.82) is 0 Å². The standard InChI is InChI=1S/C13H21N3O/c1-2-6-17-13(3-1)9-16-8-12(15-10-16)7-14-11-4-5-11/h8,10-11,13-14H,1-7,9H2. The van der Waals surface area contributed by atoms with E-state index >= 15 is 0 Å². The Hall–Kier alpha value is -0.870. The van der Waals surface area contributed by atoms with Crippen molar-refractivity contribution in [3.8, 4) is 0 Å². The van der Waals surface area contributed by atoms with Gasteiger partial charge >= 0.3 is 0 Å². The van der Waals surface area contributed by atoms with Gasteiger partial charge in [0, 0.05) is 31.9 Å². The van der Waals surface area contributed by atoms with E-state index in [1.165, 1.54) is 32.1 Å². The van der Waals surface area contributed by atoms with Crippen LogP contribution in [0.1, 0.15) is 37.8 Å². The molecule has 1 aromatic heterocycles. The molecule has 2 fully saturated rings. The van der Waals surface area contributed by atoms with Crippen molar-refractivity contribution in [3.63, 3.8) is 0 Å². The maximum atomic E-state index is 5.74. The number of hydrogen-bond donors (Lipinski definition) is 1. The number of ether oxygens (including phenoxy) is 1. The first kappa shape index (κ1) is 11.2. The summed E-state index contributed by atoms with van der Waals surface area (Å²) >= 11 is 0. The summed E-state index contributed by atoms with van der Waals surface area (Å²) in [6.45, 7) is 2.79. The normalized spacial score (nSPS) is 25.1. The number of rotatable bonds is 5. The second-order valence-corrected chi connectivity index (χ2v) is 5.21. The zero-order chi connectivity index (χ0) is 11.5. The quantitative estimate of drug-likeness (QED) is 0.844. The minimum absolute atomic E-state index is 0.391. The summed E-state index contributed by atoms with van der Waals surface area (Å²) in [5.41, 5.74) is 1.15. The lowest BCUT2D eigenvalue weighted by Crippen LogP contribution is -2.23. The van der Waals surface area contributed by atoms with Crippen molar-refractivity contribution in [2.75, 3.05) is 6.61 Å². The van der Waals surface area contributed by atoms with Gasteiger partial charge in [0.1, 0.15) is 0 Å². The third-order valence-electron chi connectivity index (χ3n) is 3.52. The lowest BCUT2D eigenvalue weighted by Gasteiger charge is -2.22. The third-order valence-corrected chi connectivity index (χ3v) is 3.52. The van der Waals surface area contributed by atoms with E-state index in [9.17, 15) is 0 Å². The zero-order valence-electron chi connectivity index (χ0n) is 10.3. The van der Waals surface area contributed by atoms with Crippen LogP contribution in [0.15, 0.2) is 12.5 Å². The van der Waals surface area contributed by atoms with Crippen molar-refractivity contribution < 1.29 is 4.74 Å². The molecule has 0 radical (unpaired) electrons. The van der Waals surface area contributed by atoms with E-state index in [0.717, 1.165) is 31.4 Å². The smallest absolute Gasteiger partial charge is 0.0950 e. The predicted molar refractivity (Wildman–Crippen MR) is 65.7 cm³/mol. The van der Waals surface area contributed by atoms with E-state index in [1.54, 1.807) is 0 Å². The predicted octanol–water partition coefficient (Wildman–Crippen LogP) is 1.70. The maximum Gasteiger partial charge on any atom is 0.0950 e. The molecule has 1 atom stereocenters. The maximum absolute atomic E-state index is 5.74. The summed E-state index contributed by atoms with van der Waals surface area (Å²) in [6, 6.07) is 0.752.